The quantitative estimate of drug-likeness (QED) is 0.685. The Hall–Kier alpha value is -2.00. The van der Waals surface area contributed by atoms with Gasteiger partial charge in [0.2, 0.25) is 10.7 Å². The maximum atomic E-state index is 10.7. The van der Waals surface area contributed by atoms with Crippen LogP contribution in [0.3, 0.4) is 0 Å². The Labute approximate surface area is 124 Å². The molecule has 1 N–H and O–H groups in total. The highest BCUT2D eigenvalue weighted by atomic mass is 32.1. The first-order chi connectivity index (χ1) is 10.1. The largest absolute Gasteiger partial charge is 0.345 e. The fourth-order valence-electron chi connectivity index (χ4n) is 2.46. The fraction of sp³-hybridized carbons (Fsp3) is 0.500. The van der Waals surface area contributed by atoms with Crippen molar-refractivity contribution in [2.24, 2.45) is 0 Å². The summed E-state index contributed by atoms with van der Waals surface area (Å²) in [5.74, 6) is 0. The molecule has 1 aliphatic rings. The molecule has 0 atom stereocenters. The molecule has 9 heteroatoms. The summed E-state index contributed by atoms with van der Waals surface area (Å²) in [7, 11) is 0. The standard InChI is InChI=1S/C12H16N6O2S/c13-11-16(9-15-4-2-1-3-5-15)6-7-17(11)12-14-8-10(21-12)18(19)20/h6-8,13H,1-5,9H2. The van der Waals surface area contributed by atoms with Gasteiger partial charge < -0.3 is 4.57 Å². The lowest BCUT2D eigenvalue weighted by Gasteiger charge is -2.26. The van der Waals surface area contributed by atoms with Crippen LogP contribution < -0.4 is 5.62 Å². The van der Waals surface area contributed by atoms with Crippen LogP contribution in [0.5, 0.6) is 0 Å². The molecule has 0 aliphatic carbocycles. The zero-order chi connectivity index (χ0) is 14.8. The number of thiazole rings is 1. The number of nitro groups is 1. The highest BCUT2D eigenvalue weighted by molar-refractivity contribution is 7.17. The molecule has 0 aromatic carbocycles. The fourth-order valence-corrected chi connectivity index (χ4v) is 3.18. The second-order valence-electron chi connectivity index (χ2n) is 5.02. The van der Waals surface area contributed by atoms with E-state index in [0.29, 0.717) is 11.8 Å². The molecule has 0 unspecified atom stereocenters. The second kappa shape index (κ2) is 5.78. The van der Waals surface area contributed by atoms with Crippen molar-refractivity contribution < 1.29 is 4.92 Å². The van der Waals surface area contributed by atoms with Crippen LogP contribution in [0.15, 0.2) is 18.6 Å². The van der Waals surface area contributed by atoms with Gasteiger partial charge in [-0.3, -0.25) is 25.0 Å². The molecule has 0 spiro atoms. The van der Waals surface area contributed by atoms with Crippen LogP contribution >= 0.6 is 11.3 Å². The van der Waals surface area contributed by atoms with Gasteiger partial charge in [-0.15, -0.1) is 0 Å². The van der Waals surface area contributed by atoms with E-state index in [-0.39, 0.29) is 10.6 Å². The molecule has 0 radical (unpaired) electrons. The monoisotopic (exact) mass is 308 g/mol. The molecule has 1 saturated heterocycles. The van der Waals surface area contributed by atoms with Crippen molar-refractivity contribution in [3.05, 3.63) is 34.3 Å². The Balaban J connectivity index is 1.81. The summed E-state index contributed by atoms with van der Waals surface area (Å²) in [6.45, 7) is 2.79. The first kappa shape index (κ1) is 14.0. The van der Waals surface area contributed by atoms with Crippen molar-refractivity contribution >= 4 is 16.3 Å². The highest BCUT2D eigenvalue weighted by Crippen LogP contribution is 2.23. The molecule has 112 valence electrons. The van der Waals surface area contributed by atoms with Crippen molar-refractivity contribution in [2.45, 2.75) is 25.9 Å². The number of likely N-dealkylation sites (tertiary alicyclic amines) is 1. The van der Waals surface area contributed by atoms with Gasteiger partial charge in [-0.2, -0.15) is 0 Å². The third-order valence-electron chi connectivity index (χ3n) is 3.56. The first-order valence-corrected chi connectivity index (χ1v) is 7.62. The van der Waals surface area contributed by atoms with Gasteiger partial charge in [0.1, 0.15) is 6.20 Å². The minimum Gasteiger partial charge on any atom is -0.304 e. The molecule has 21 heavy (non-hydrogen) atoms. The van der Waals surface area contributed by atoms with Crippen molar-refractivity contribution in [2.75, 3.05) is 13.1 Å². The van der Waals surface area contributed by atoms with E-state index in [2.05, 4.69) is 9.88 Å². The third kappa shape index (κ3) is 2.88. The van der Waals surface area contributed by atoms with E-state index in [1.54, 1.807) is 10.8 Å². The molecule has 0 saturated carbocycles. The minimum absolute atomic E-state index is 0.0133. The lowest BCUT2D eigenvalue weighted by Crippen LogP contribution is -2.35. The predicted octanol–water partition coefficient (Wildman–Crippen LogP) is 1.57. The molecule has 2 aromatic rings. The zero-order valence-electron chi connectivity index (χ0n) is 11.4. The van der Waals surface area contributed by atoms with E-state index in [9.17, 15) is 10.1 Å². The van der Waals surface area contributed by atoms with Crippen molar-refractivity contribution in [3.63, 3.8) is 0 Å². The maximum Gasteiger partial charge on any atom is 0.345 e. The SMILES string of the molecule is N=c1n(CN2CCCCC2)ccn1-c1ncc([N+](=O)[O-])s1. The molecule has 0 bridgehead atoms. The Morgan fingerprint density at radius 3 is 2.76 bits per heavy atom. The summed E-state index contributed by atoms with van der Waals surface area (Å²) in [5.41, 5.74) is 0.282. The van der Waals surface area contributed by atoms with Gasteiger partial charge in [-0.25, -0.2) is 4.98 Å². The molecule has 3 heterocycles. The van der Waals surface area contributed by atoms with Crippen LogP contribution in [-0.2, 0) is 6.67 Å². The van der Waals surface area contributed by atoms with E-state index < -0.39 is 4.92 Å². The number of rotatable bonds is 4. The normalized spacial score (nSPS) is 16.2. The average Bonchev–Trinajstić information content (AvgIpc) is 3.08. The minimum atomic E-state index is -0.462. The van der Waals surface area contributed by atoms with Crippen LogP contribution in [0.2, 0.25) is 0 Å². The van der Waals surface area contributed by atoms with E-state index in [1.807, 2.05) is 10.8 Å². The van der Waals surface area contributed by atoms with Gasteiger partial charge in [0.05, 0.1) is 11.6 Å². The number of imidazole rings is 1. The molecule has 8 nitrogen and oxygen atoms in total. The molecule has 2 aromatic heterocycles. The van der Waals surface area contributed by atoms with Crippen LogP contribution in [0.25, 0.3) is 5.13 Å². The number of nitrogens with zero attached hydrogens (tertiary/aromatic N) is 5. The van der Waals surface area contributed by atoms with Gasteiger partial charge >= 0.3 is 5.00 Å². The van der Waals surface area contributed by atoms with Gasteiger partial charge in [0.15, 0.2) is 0 Å². The van der Waals surface area contributed by atoms with Gasteiger partial charge in [-0.05, 0) is 37.3 Å². The van der Waals surface area contributed by atoms with Gasteiger partial charge in [-0.1, -0.05) is 6.42 Å². The van der Waals surface area contributed by atoms with E-state index in [1.165, 1.54) is 25.5 Å². The van der Waals surface area contributed by atoms with E-state index in [4.69, 9.17) is 5.41 Å². The van der Waals surface area contributed by atoms with Crippen LogP contribution in [0.1, 0.15) is 19.3 Å². The molecular weight excluding hydrogens is 292 g/mol. The smallest absolute Gasteiger partial charge is 0.304 e. The van der Waals surface area contributed by atoms with Crippen LogP contribution in [0.4, 0.5) is 5.00 Å². The zero-order valence-corrected chi connectivity index (χ0v) is 12.3. The van der Waals surface area contributed by atoms with E-state index in [0.717, 1.165) is 24.4 Å². The number of piperidine rings is 1. The third-order valence-corrected chi connectivity index (χ3v) is 4.51. The number of nitrogens with one attached hydrogen (secondary N) is 1. The number of hydrogen-bond donors (Lipinski definition) is 1. The molecule has 1 fully saturated rings. The Bertz CT molecular complexity index is 697. The number of aromatic nitrogens is 3. The second-order valence-corrected chi connectivity index (χ2v) is 6.01. The summed E-state index contributed by atoms with van der Waals surface area (Å²) < 4.78 is 3.40. The summed E-state index contributed by atoms with van der Waals surface area (Å²) in [4.78, 5) is 16.6. The summed E-state index contributed by atoms with van der Waals surface area (Å²) in [5, 5.41) is 19.3. The maximum absolute atomic E-state index is 10.7. The molecular formula is C12H16N6O2S. The van der Waals surface area contributed by atoms with Crippen molar-refractivity contribution in [3.8, 4) is 5.13 Å². The summed E-state index contributed by atoms with van der Waals surface area (Å²) >= 11 is 0.973. The Kier molecular flexibility index (Phi) is 3.84. The first-order valence-electron chi connectivity index (χ1n) is 6.80. The molecule has 1 aliphatic heterocycles. The van der Waals surface area contributed by atoms with Crippen molar-refractivity contribution in [1.82, 2.24) is 19.0 Å². The van der Waals surface area contributed by atoms with Gasteiger partial charge in [0, 0.05) is 12.4 Å². The lowest BCUT2D eigenvalue weighted by atomic mass is 10.1. The molecule has 3 rings (SSSR count). The Morgan fingerprint density at radius 2 is 2.10 bits per heavy atom. The van der Waals surface area contributed by atoms with Crippen LogP contribution in [-0.4, -0.2) is 37.0 Å². The van der Waals surface area contributed by atoms with Crippen molar-refractivity contribution in [1.29, 1.82) is 5.41 Å². The number of hydrogen-bond acceptors (Lipinski definition) is 6. The lowest BCUT2D eigenvalue weighted by molar-refractivity contribution is -0.380. The van der Waals surface area contributed by atoms with Crippen LogP contribution in [0, 0.1) is 15.5 Å². The summed E-state index contributed by atoms with van der Waals surface area (Å²) in [6, 6.07) is 0. The van der Waals surface area contributed by atoms with E-state index >= 15 is 0 Å². The topological polar surface area (TPSA) is 93.0 Å². The highest BCUT2D eigenvalue weighted by Gasteiger charge is 2.15. The predicted molar refractivity (Wildman–Crippen MR) is 77.4 cm³/mol. The summed E-state index contributed by atoms with van der Waals surface area (Å²) in [6.07, 6.45) is 8.46. The Morgan fingerprint density at radius 1 is 1.33 bits per heavy atom. The van der Waals surface area contributed by atoms with Gasteiger partial charge in [0.25, 0.3) is 0 Å². The average molecular weight is 308 g/mol. The molecule has 0 amide bonds.